The molecule has 0 amide bonds. The average molecular weight is 576 g/mol. The fourth-order valence-electron chi connectivity index (χ4n) is 6.76. The summed E-state index contributed by atoms with van der Waals surface area (Å²) >= 11 is 0. The van der Waals surface area contributed by atoms with Crippen molar-refractivity contribution in [1.82, 2.24) is 5.09 Å². The van der Waals surface area contributed by atoms with E-state index in [-0.39, 0.29) is 12.0 Å². The van der Waals surface area contributed by atoms with Crippen LogP contribution in [0.4, 0.5) is 0 Å². The summed E-state index contributed by atoms with van der Waals surface area (Å²) < 4.78 is 21.3. The first-order valence-corrected chi connectivity index (χ1v) is 18.7. The Hall–Kier alpha value is -2.46. The van der Waals surface area contributed by atoms with Gasteiger partial charge in [-0.1, -0.05) is 108 Å². The Labute approximate surface area is 242 Å². The highest BCUT2D eigenvalue weighted by Gasteiger charge is 2.49. The first kappa shape index (κ1) is 30.5. The summed E-state index contributed by atoms with van der Waals surface area (Å²) in [5, 5.41) is 5.30. The molecule has 6 heteroatoms. The molecule has 0 bridgehead atoms. The zero-order valence-corrected chi connectivity index (χ0v) is 26.8. The Kier molecular flexibility index (Phi) is 9.92. The van der Waals surface area contributed by atoms with Gasteiger partial charge in [0.2, 0.25) is 7.29 Å². The van der Waals surface area contributed by atoms with Gasteiger partial charge >= 0.3 is 0 Å². The molecule has 0 heterocycles. The third-order valence-corrected chi connectivity index (χ3v) is 17.5. The summed E-state index contributed by atoms with van der Waals surface area (Å²) in [5.74, 6) is 0.647. The van der Waals surface area contributed by atoms with Crippen LogP contribution in [0.3, 0.4) is 0 Å². The van der Waals surface area contributed by atoms with Crippen LogP contribution in [-0.4, -0.2) is 14.3 Å². The molecule has 0 unspecified atom stereocenters. The minimum Gasteiger partial charge on any atom is -0.518 e. The second-order valence-electron chi connectivity index (χ2n) is 12.3. The molecular formula is C34H46NO3PSi. The summed E-state index contributed by atoms with van der Waals surface area (Å²) in [6.45, 7) is 13.3. The number of benzene rings is 3. The summed E-state index contributed by atoms with van der Waals surface area (Å²) in [7, 11) is -5.36. The van der Waals surface area contributed by atoms with Crippen molar-refractivity contribution in [3.8, 4) is 0 Å². The lowest BCUT2D eigenvalue weighted by atomic mass is 10.0. The van der Waals surface area contributed by atoms with E-state index in [1.807, 2.05) is 78.9 Å². The van der Waals surface area contributed by atoms with Crippen molar-refractivity contribution in [2.24, 2.45) is 11.8 Å². The monoisotopic (exact) mass is 575 g/mol. The fraction of sp³-hybridized carbons (Fsp3) is 0.441. The van der Waals surface area contributed by atoms with E-state index in [1.54, 1.807) is 0 Å². The molecule has 3 aromatic rings. The van der Waals surface area contributed by atoms with Crippen molar-refractivity contribution in [2.75, 3.05) is 0 Å². The first-order chi connectivity index (χ1) is 19.1. The van der Waals surface area contributed by atoms with Crippen molar-refractivity contribution >= 4 is 32.2 Å². The van der Waals surface area contributed by atoms with Crippen molar-refractivity contribution in [2.45, 2.75) is 83.5 Å². The molecule has 1 aliphatic carbocycles. The van der Waals surface area contributed by atoms with Gasteiger partial charge in [-0.15, -0.1) is 0 Å². The highest BCUT2D eigenvalue weighted by Crippen LogP contribution is 2.54. The molecule has 0 radical (unpaired) electrons. The van der Waals surface area contributed by atoms with E-state index in [4.69, 9.17) is 4.43 Å². The van der Waals surface area contributed by atoms with E-state index in [0.717, 1.165) is 29.0 Å². The van der Waals surface area contributed by atoms with Crippen molar-refractivity contribution < 1.29 is 13.8 Å². The molecule has 3 aromatic carbocycles. The van der Waals surface area contributed by atoms with Gasteiger partial charge in [0.25, 0.3) is 14.3 Å². The normalized spacial score (nSPS) is 18.2. The maximum Gasteiger partial charge on any atom is 0.292 e. The summed E-state index contributed by atoms with van der Waals surface area (Å²) in [5.41, 5.74) is 2.27. The van der Waals surface area contributed by atoms with Crippen LogP contribution in [0.2, 0.25) is 16.6 Å². The van der Waals surface area contributed by atoms with E-state index in [0.29, 0.717) is 34.9 Å². The van der Waals surface area contributed by atoms with Crippen LogP contribution in [0, 0.1) is 11.8 Å². The van der Waals surface area contributed by atoms with E-state index < -0.39 is 15.6 Å². The van der Waals surface area contributed by atoms with E-state index in [2.05, 4.69) is 58.8 Å². The molecule has 0 aromatic heterocycles. The number of nitrogens with one attached hydrogen (secondary N) is 1. The van der Waals surface area contributed by atoms with Gasteiger partial charge < -0.3 is 4.43 Å². The van der Waals surface area contributed by atoms with Gasteiger partial charge in [0.1, 0.15) is 0 Å². The summed E-state index contributed by atoms with van der Waals surface area (Å²) in [6, 6.07) is 29.8. The fourth-order valence-corrected chi connectivity index (χ4v) is 14.5. The van der Waals surface area contributed by atoms with Gasteiger partial charge in [0, 0.05) is 23.1 Å². The van der Waals surface area contributed by atoms with Crippen molar-refractivity contribution in [3.05, 3.63) is 96.6 Å². The Morgan fingerprint density at radius 2 is 1.25 bits per heavy atom. The van der Waals surface area contributed by atoms with E-state index in [9.17, 15) is 9.36 Å². The third kappa shape index (κ3) is 6.54. The van der Waals surface area contributed by atoms with Crippen LogP contribution < -0.4 is 15.7 Å². The molecule has 3 atom stereocenters. The predicted molar refractivity (Wildman–Crippen MR) is 170 cm³/mol. The first-order valence-electron chi connectivity index (χ1n) is 14.9. The highest BCUT2D eigenvalue weighted by atomic mass is 31.2. The van der Waals surface area contributed by atoms with Gasteiger partial charge in [-0.25, -0.2) is 0 Å². The Balaban J connectivity index is 1.54. The molecule has 1 saturated carbocycles. The number of rotatable bonds is 13. The van der Waals surface area contributed by atoms with Crippen LogP contribution in [0.1, 0.15) is 72.4 Å². The van der Waals surface area contributed by atoms with Crippen LogP contribution in [-0.2, 0) is 13.8 Å². The lowest BCUT2D eigenvalue weighted by molar-refractivity contribution is -0.136. The number of hydrogen-bond acceptors (Lipinski definition) is 3. The zero-order chi connectivity index (χ0) is 28.9. The summed E-state index contributed by atoms with van der Waals surface area (Å²) in [6.07, 6.45) is 2.25. The van der Waals surface area contributed by atoms with Gasteiger partial charge in [-0.3, -0.25) is 14.4 Å². The van der Waals surface area contributed by atoms with Gasteiger partial charge in [-0.2, -0.15) is 0 Å². The molecule has 4 nitrogen and oxygen atoms in total. The molecule has 214 valence electrons. The smallest absolute Gasteiger partial charge is 0.292 e. The Morgan fingerprint density at radius 1 is 0.800 bits per heavy atom. The van der Waals surface area contributed by atoms with Crippen LogP contribution in [0.25, 0.3) is 0 Å². The van der Waals surface area contributed by atoms with Crippen LogP contribution >= 0.6 is 7.29 Å². The molecule has 1 aliphatic rings. The quantitative estimate of drug-likeness (QED) is 0.164. The molecule has 1 N–H and O–H groups in total. The minimum atomic E-state index is -3.12. The molecule has 0 aliphatic heterocycles. The lowest BCUT2D eigenvalue weighted by Gasteiger charge is -2.41. The maximum atomic E-state index is 14.9. The van der Waals surface area contributed by atoms with Gasteiger partial charge in [0.15, 0.2) is 0 Å². The zero-order valence-electron chi connectivity index (χ0n) is 24.9. The molecule has 1 fully saturated rings. The second kappa shape index (κ2) is 13.0. The molecule has 0 saturated heterocycles. The lowest BCUT2D eigenvalue weighted by Crippen LogP contribution is -2.49. The standard InChI is InChI=1S/C34H46NO3PSi/c1-25(2)40(26(3)4,27(5)6)38-33(36)23-22-29-24-32(29)34(28-16-10-7-11-17-28)35-39(37,30-18-12-8-13-19-30)31-20-14-9-15-21-31/h7-21,25-27,29,32,34H,22-24H2,1-6H3,(H,35,37)/t29-,32-,34+/m1/s1. The van der Waals surface area contributed by atoms with Crippen molar-refractivity contribution in [1.29, 1.82) is 0 Å². The second-order valence-corrected chi connectivity index (χ2v) is 20.2. The third-order valence-electron chi connectivity index (χ3n) is 8.84. The largest absolute Gasteiger partial charge is 0.518 e. The topological polar surface area (TPSA) is 55.4 Å². The minimum absolute atomic E-state index is 0.0446. The molecule has 4 rings (SSSR count). The average Bonchev–Trinajstić information content (AvgIpc) is 3.73. The van der Waals surface area contributed by atoms with E-state index in [1.165, 1.54) is 0 Å². The Morgan fingerprint density at radius 3 is 1.70 bits per heavy atom. The molecule has 0 spiro atoms. The van der Waals surface area contributed by atoms with Crippen LogP contribution in [0.15, 0.2) is 91.0 Å². The molecule has 40 heavy (non-hydrogen) atoms. The Bertz CT molecular complexity index is 1220. The number of hydrogen-bond donors (Lipinski definition) is 1. The van der Waals surface area contributed by atoms with Gasteiger partial charge in [0.05, 0.1) is 0 Å². The van der Waals surface area contributed by atoms with E-state index >= 15 is 0 Å². The predicted octanol–water partition coefficient (Wildman–Crippen LogP) is 8.38. The number of carbonyl (C=O) groups is 1. The maximum absolute atomic E-state index is 14.9. The summed E-state index contributed by atoms with van der Waals surface area (Å²) in [4.78, 5) is 13.2. The van der Waals surface area contributed by atoms with Crippen LogP contribution in [0.5, 0.6) is 0 Å². The SMILES string of the molecule is CC(C)[Si](OC(=O)CC[C@@H]1C[C@H]1[C@@H](NP(=O)(c1ccccc1)c1ccccc1)c1ccccc1)(C(C)C)C(C)C. The molecular weight excluding hydrogens is 529 g/mol. The van der Waals surface area contributed by atoms with Crippen molar-refractivity contribution in [3.63, 3.8) is 0 Å². The number of carbonyl (C=O) groups excluding carboxylic acids is 1. The van der Waals surface area contributed by atoms with Gasteiger partial charge in [-0.05, 0) is 71.1 Å². The highest BCUT2D eigenvalue weighted by molar-refractivity contribution is 7.76.